The van der Waals surface area contributed by atoms with Gasteiger partial charge in [0.1, 0.15) is 12.4 Å². The van der Waals surface area contributed by atoms with Crippen molar-refractivity contribution in [2.75, 3.05) is 11.9 Å². The Hall–Kier alpha value is -2.98. The van der Waals surface area contributed by atoms with Crippen LogP contribution in [0.5, 0.6) is 5.75 Å². The van der Waals surface area contributed by atoms with Crippen molar-refractivity contribution < 1.29 is 14.3 Å². The van der Waals surface area contributed by atoms with Gasteiger partial charge >= 0.3 is 5.97 Å². The smallest absolute Gasteiger partial charge is 0.306 e. The van der Waals surface area contributed by atoms with Crippen molar-refractivity contribution in [3.05, 3.63) is 88.9 Å². The van der Waals surface area contributed by atoms with Gasteiger partial charge < -0.3 is 14.8 Å². The van der Waals surface area contributed by atoms with Crippen LogP contribution < -0.4 is 10.1 Å². The Morgan fingerprint density at radius 1 is 0.966 bits per heavy atom. The van der Waals surface area contributed by atoms with Crippen molar-refractivity contribution in [1.29, 1.82) is 0 Å². The molecule has 0 unspecified atom stereocenters. The minimum atomic E-state index is -0.210. The summed E-state index contributed by atoms with van der Waals surface area (Å²) in [6.07, 6.45) is 0.877. The SMILES string of the molecule is CCOC(=O)CCc1ccc(Nc2cccc(OCc3ccccc3)c2)cc1Cl. The molecule has 29 heavy (non-hydrogen) atoms. The Kier molecular flexibility index (Phi) is 7.54. The van der Waals surface area contributed by atoms with E-state index >= 15 is 0 Å². The summed E-state index contributed by atoms with van der Waals surface area (Å²) in [5.74, 6) is 0.578. The highest BCUT2D eigenvalue weighted by molar-refractivity contribution is 6.31. The molecule has 0 aliphatic carbocycles. The summed E-state index contributed by atoms with van der Waals surface area (Å²) in [6.45, 7) is 2.71. The number of halogens is 1. The molecule has 3 rings (SSSR count). The Labute approximate surface area is 176 Å². The predicted molar refractivity (Wildman–Crippen MR) is 117 cm³/mol. The van der Waals surface area contributed by atoms with Crippen LogP contribution in [-0.4, -0.2) is 12.6 Å². The van der Waals surface area contributed by atoms with Gasteiger partial charge in [0.15, 0.2) is 0 Å². The number of nitrogens with one attached hydrogen (secondary N) is 1. The number of anilines is 2. The second-order valence-electron chi connectivity index (χ2n) is 6.54. The quantitative estimate of drug-likeness (QED) is 0.430. The van der Waals surface area contributed by atoms with E-state index in [1.165, 1.54) is 0 Å². The fourth-order valence-corrected chi connectivity index (χ4v) is 3.14. The number of carbonyl (C=O) groups excluding carboxylic acids is 1. The van der Waals surface area contributed by atoms with E-state index in [1.807, 2.05) is 72.8 Å². The zero-order valence-electron chi connectivity index (χ0n) is 16.4. The number of esters is 1. The molecule has 0 aromatic heterocycles. The molecular weight excluding hydrogens is 386 g/mol. The van der Waals surface area contributed by atoms with E-state index in [0.717, 1.165) is 28.3 Å². The molecule has 0 amide bonds. The fraction of sp³-hybridized carbons (Fsp3) is 0.208. The molecule has 0 spiro atoms. The molecule has 0 aliphatic heterocycles. The van der Waals surface area contributed by atoms with Crippen LogP contribution in [0.15, 0.2) is 72.8 Å². The van der Waals surface area contributed by atoms with Crippen molar-refractivity contribution in [3.8, 4) is 5.75 Å². The third kappa shape index (κ3) is 6.54. The summed E-state index contributed by atoms with van der Waals surface area (Å²) < 4.78 is 10.8. The van der Waals surface area contributed by atoms with Crippen LogP contribution in [-0.2, 0) is 22.6 Å². The standard InChI is InChI=1S/C24H24ClNO3/c1-2-28-24(27)14-12-19-11-13-21(16-23(19)25)26-20-9-6-10-22(15-20)29-17-18-7-4-3-5-8-18/h3-11,13,15-16,26H,2,12,14,17H2,1H3. The molecule has 0 saturated heterocycles. The Bertz CT molecular complexity index is 944. The molecule has 0 heterocycles. The summed E-state index contributed by atoms with van der Waals surface area (Å²) in [5, 5.41) is 3.96. The molecule has 5 heteroatoms. The average Bonchev–Trinajstić information content (AvgIpc) is 2.73. The van der Waals surface area contributed by atoms with Gasteiger partial charge in [-0.1, -0.05) is 54.1 Å². The molecule has 3 aromatic rings. The van der Waals surface area contributed by atoms with E-state index in [1.54, 1.807) is 6.92 Å². The van der Waals surface area contributed by atoms with Crippen molar-refractivity contribution in [1.82, 2.24) is 0 Å². The lowest BCUT2D eigenvalue weighted by Gasteiger charge is -2.12. The van der Waals surface area contributed by atoms with Gasteiger partial charge in [0.2, 0.25) is 0 Å². The normalized spacial score (nSPS) is 10.4. The molecule has 150 valence electrons. The lowest BCUT2D eigenvalue weighted by molar-refractivity contribution is -0.143. The fourth-order valence-electron chi connectivity index (χ4n) is 2.87. The summed E-state index contributed by atoms with van der Waals surface area (Å²) in [7, 11) is 0. The topological polar surface area (TPSA) is 47.6 Å². The Morgan fingerprint density at radius 2 is 1.76 bits per heavy atom. The van der Waals surface area contributed by atoms with Gasteiger partial charge in [0.25, 0.3) is 0 Å². The number of rotatable bonds is 9. The summed E-state index contributed by atoms with van der Waals surface area (Å²) >= 11 is 6.39. The first-order valence-corrected chi connectivity index (χ1v) is 9.99. The maximum Gasteiger partial charge on any atom is 0.306 e. The van der Waals surface area contributed by atoms with Gasteiger partial charge in [-0.05, 0) is 48.7 Å². The number of ether oxygens (including phenoxy) is 2. The first kappa shape index (κ1) is 20.7. The molecule has 3 aromatic carbocycles. The van der Waals surface area contributed by atoms with Crippen molar-refractivity contribution in [2.24, 2.45) is 0 Å². The first-order chi connectivity index (χ1) is 14.1. The summed E-state index contributed by atoms with van der Waals surface area (Å²) in [5.41, 5.74) is 3.82. The average molecular weight is 410 g/mol. The molecule has 1 N–H and O–H groups in total. The Balaban J connectivity index is 1.59. The van der Waals surface area contributed by atoms with Crippen LogP contribution in [0.1, 0.15) is 24.5 Å². The largest absolute Gasteiger partial charge is 0.489 e. The number of benzene rings is 3. The van der Waals surface area contributed by atoms with Crippen LogP contribution in [0, 0.1) is 0 Å². The van der Waals surface area contributed by atoms with Crippen LogP contribution in [0.25, 0.3) is 0 Å². The molecular formula is C24H24ClNO3. The second-order valence-corrected chi connectivity index (χ2v) is 6.95. The Morgan fingerprint density at radius 3 is 2.52 bits per heavy atom. The zero-order valence-corrected chi connectivity index (χ0v) is 17.1. The van der Waals surface area contributed by atoms with Gasteiger partial charge in [-0.3, -0.25) is 4.79 Å². The molecule has 4 nitrogen and oxygen atoms in total. The van der Waals surface area contributed by atoms with E-state index in [-0.39, 0.29) is 5.97 Å². The third-order valence-corrected chi connectivity index (χ3v) is 4.68. The van der Waals surface area contributed by atoms with Crippen LogP contribution in [0.2, 0.25) is 5.02 Å². The minimum Gasteiger partial charge on any atom is -0.489 e. The van der Waals surface area contributed by atoms with Crippen LogP contribution in [0.4, 0.5) is 11.4 Å². The number of hydrogen-bond acceptors (Lipinski definition) is 4. The molecule has 0 fully saturated rings. The van der Waals surface area contributed by atoms with E-state index in [9.17, 15) is 4.79 Å². The second kappa shape index (κ2) is 10.5. The van der Waals surface area contributed by atoms with Gasteiger partial charge in [0.05, 0.1) is 6.61 Å². The van der Waals surface area contributed by atoms with Crippen molar-refractivity contribution in [3.63, 3.8) is 0 Å². The van der Waals surface area contributed by atoms with E-state index in [0.29, 0.717) is 31.1 Å². The van der Waals surface area contributed by atoms with Gasteiger partial charge in [0, 0.05) is 28.9 Å². The minimum absolute atomic E-state index is 0.210. The lowest BCUT2D eigenvalue weighted by atomic mass is 10.1. The monoisotopic (exact) mass is 409 g/mol. The maximum absolute atomic E-state index is 11.5. The van der Waals surface area contributed by atoms with E-state index in [2.05, 4.69) is 5.32 Å². The zero-order chi connectivity index (χ0) is 20.5. The number of aryl methyl sites for hydroxylation is 1. The number of carbonyl (C=O) groups is 1. The van der Waals surface area contributed by atoms with Crippen LogP contribution in [0.3, 0.4) is 0 Å². The molecule has 0 saturated carbocycles. The van der Waals surface area contributed by atoms with Crippen molar-refractivity contribution >= 4 is 28.9 Å². The highest BCUT2D eigenvalue weighted by Gasteiger charge is 2.07. The molecule has 0 atom stereocenters. The summed E-state index contributed by atoms with van der Waals surface area (Å²) in [4.78, 5) is 11.5. The lowest BCUT2D eigenvalue weighted by Crippen LogP contribution is -2.05. The van der Waals surface area contributed by atoms with Gasteiger partial charge in [-0.25, -0.2) is 0 Å². The number of hydrogen-bond donors (Lipinski definition) is 1. The highest BCUT2D eigenvalue weighted by Crippen LogP contribution is 2.26. The van der Waals surface area contributed by atoms with E-state index < -0.39 is 0 Å². The van der Waals surface area contributed by atoms with Gasteiger partial charge in [-0.15, -0.1) is 0 Å². The van der Waals surface area contributed by atoms with Gasteiger partial charge in [-0.2, -0.15) is 0 Å². The van der Waals surface area contributed by atoms with Crippen LogP contribution >= 0.6 is 11.6 Å². The third-order valence-electron chi connectivity index (χ3n) is 4.33. The van der Waals surface area contributed by atoms with Crippen molar-refractivity contribution in [2.45, 2.75) is 26.4 Å². The molecule has 0 radical (unpaired) electrons. The predicted octanol–water partition coefficient (Wildman–Crippen LogP) is 6.16. The maximum atomic E-state index is 11.5. The highest BCUT2D eigenvalue weighted by atomic mass is 35.5. The molecule has 0 bridgehead atoms. The van der Waals surface area contributed by atoms with E-state index in [4.69, 9.17) is 21.1 Å². The molecule has 0 aliphatic rings. The first-order valence-electron chi connectivity index (χ1n) is 9.62. The summed E-state index contributed by atoms with van der Waals surface area (Å²) in [6, 6.07) is 23.6.